The Labute approximate surface area is 144 Å². The van der Waals surface area contributed by atoms with Crippen molar-refractivity contribution in [2.45, 2.75) is 19.3 Å². The number of ether oxygens (including phenoxy) is 1. The molecule has 1 aromatic carbocycles. The summed E-state index contributed by atoms with van der Waals surface area (Å²) in [7, 11) is 0. The summed E-state index contributed by atoms with van der Waals surface area (Å²) in [6.45, 7) is 0.0525. The molecule has 0 fully saturated rings. The van der Waals surface area contributed by atoms with Crippen molar-refractivity contribution in [3.8, 4) is 5.75 Å². The van der Waals surface area contributed by atoms with Crippen LogP contribution in [0.3, 0.4) is 0 Å². The van der Waals surface area contributed by atoms with Crippen molar-refractivity contribution in [3.05, 3.63) is 45.6 Å². The van der Waals surface area contributed by atoms with Crippen molar-refractivity contribution >= 4 is 21.8 Å². The van der Waals surface area contributed by atoms with Crippen molar-refractivity contribution in [3.63, 3.8) is 0 Å². The molecule has 2 rings (SSSR count). The Balaban J connectivity index is 1.93. The van der Waals surface area contributed by atoms with Crippen molar-refractivity contribution in [2.24, 2.45) is 5.73 Å². The molecule has 3 N–H and O–H groups in total. The molecule has 0 radical (unpaired) electrons. The van der Waals surface area contributed by atoms with Crippen LogP contribution in [0, 0.1) is 11.6 Å². The lowest BCUT2D eigenvalue weighted by Gasteiger charge is -2.09. The minimum Gasteiger partial charge on any atom is -0.490 e. The second-order valence-electron chi connectivity index (χ2n) is 4.85. The zero-order valence-corrected chi connectivity index (χ0v) is 14.1. The minimum atomic E-state index is -1.20. The maximum atomic E-state index is 14.0. The van der Waals surface area contributed by atoms with E-state index in [1.807, 2.05) is 0 Å². The third-order valence-corrected chi connectivity index (χ3v) is 3.76. The first-order chi connectivity index (χ1) is 11.4. The Morgan fingerprint density at radius 3 is 2.79 bits per heavy atom. The first-order valence-electron chi connectivity index (χ1n) is 7.09. The van der Waals surface area contributed by atoms with Gasteiger partial charge in [-0.15, -0.1) is 0 Å². The van der Waals surface area contributed by atoms with Crippen molar-refractivity contribution in [1.82, 2.24) is 4.98 Å². The van der Waals surface area contributed by atoms with Crippen molar-refractivity contribution in [1.29, 1.82) is 0 Å². The summed E-state index contributed by atoms with van der Waals surface area (Å²) in [6, 6.07) is 2.02. The number of rotatable bonds is 8. The summed E-state index contributed by atoms with van der Waals surface area (Å²) < 4.78 is 38.3. The van der Waals surface area contributed by atoms with Gasteiger partial charge in [0.1, 0.15) is 11.4 Å². The molecule has 2 aromatic rings. The Bertz CT molecular complexity index is 737. The number of nitrogens with two attached hydrogens (primary N) is 1. The number of nitrogens with zero attached hydrogens (tertiary/aromatic N) is 1. The van der Waals surface area contributed by atoms with E-state index < -0.39 is 23.1 Å². The molecule has 1 aromatic heterocycles. The maximum absolute atomic E-state index is 14.0. The number of aliphatic hydroxyl groups excluding tert-OH is 1. The average molecular weight is 405 g/mol. The molecule has 6 nitrogen and oxygen atoms in total. The van der Waals surface area contributed by atoms with E-state index in [0.717, 1.165) is 12.1 Å². The first-order valence-corrected chi connectivity index (χ1v) is 7.89. The zero-order chi connectivity index (χ0) is 17.7. The van der Waals surface area contributed by atoms with Gasteiger partial charge in [0, 0.05) is 6.42 Å². The molecule has 0 saturated heterocycles. The normalized spacial score (nSPS) is 10.8. The third kappa shape index (κ3) is 4.30. The highest BCUT2D eigenvalue weighted by atomic mass is 79.9. The van der Waals surface area contributed by atoms with Crippen LogP contribution in [-0.2, 0) is 12.8 Å². The summed E-state index contributed by atoms with van der Waals surface area (Å²) in [5.74, 6) is -3.18. The van der Waals surface area contributed by atoms with E-state index in [1.54, 1.807) is 0 Å². The van der Waals surface area contributed by atoms with E-state index >= 15 is 0 Å². The molecule has 0 atom stereocenters. The van der Waals surface area contributed by atoms with Crippen molar-refractivity contribution in [2.75, 3.05) is 13.2 Å². The predicted octanol–water partition coefficient (Wildman–Crippen LogP) is 2.36. The minimum absolute atomic E-state index is 0.0679. The van der Waals surface area contributed by atoms with Gasteiger partial charge in [-0.05, 0) is 40.9 Å². The highest BCUT2D eigenvalue weighted by molar-refractivity contribution is 9.10. The van der Waals surface area contributed by atoms with E-state index in [4.69, 9.17) is 20.0 Å². The van der Waals surface area contributed by atoms with Gasteiger partial charge in [-0.3, -0.25) is 4.79 Å². The Morgan fingerprint density at radius 1 is 1.38 bits per heavy atom. The Morgan fingerprint density at radius 2 is 2.12 bits per heavy atom. The number of hydrogen-bond acceptors (Lipinski definition) is 5. The van der Waals surface area contributed by atoms with Gasteiger partial charge < -0.3 is 20.0 Å². The number of aliphatic hydroxyl groups is 1. The van der Waals surface area contributed by atoms with E-state index in [0.29, 0.717) is 35.5 Å². The second-order valence-corrected chi connectivity index (χ2v) is 5.57. The van der Waals surface area contributed by atoms with Gasteiger partial charge in [0.25, 0.3) is 5.91 Å². The fraction of sp³-hybridized carbons (Fsp3) is 0.333. The number of oxazole rings is 1. The molecule has 130 valence electrons. The lowest BCUT2D eigenvalue weighted by atomic mass is 10.1. The molecule has 0 saturated carbocycles. The summed E-state index contributed by atoms with van der Waals surface area (Å²) >= 11 is 3.22. The molecule has 1 amide bonds. The number of hydrogen-bond donors (Lipinski definition) is 2. The molecule has 0 bridgehead atoms. The largest absolute Gasteiger partial charge is 0.490 e. The number of halogens is 3. The van der Waals surface area contributed by atoms with E-state index in [2.05, 4.69) is 20.9 Å². The van der Waals surface area contributed by atoms with Crippen LogP contribution < -0.4 is 10.5 Å². The van der Waals surface area contributed by atoms with Gasteiger partial charge in [-0.2, -0.15) is 0 Å². The zero-order valence-electron chi connectivity index (χ0n) is 12.5. The van der Waals surface area contributed by atoms with E-state index in [9.17, 15) is 13.6 Å². The smallest absolute Gasteiger partial charge is 0.254 e. The Hall–Kier alpha value is -2.00. The van der Waals surface area contributed by atoms with Crippen LogP contribution in [0.2, 0.25) is 0 Å². The van der Waals surface area contributed by atoms with E-state index in [1.165, 1.54) is 0 Å². The summed E-state index contributed by atoms with van der Waals surface area (Å²) in [6.07, 6.45) is 1.28. The molecular weight excluding hydrogens is 390 g/mol. The molecular formula is C15H15BrF2N2O4. The number of aryl methyl sites for hydroxylation is 1. The summed E-state index contributed by atoms with van der Waals surface area (Å²) in [5, 5.41) is 8.84. The number of carbonyl (C=O) groups excluding carboxylic acids is 1. The highest BCUT2D eigenvalue weighted by Crippen LogP contribution is 2.24. The topological polar surface area (TPSA) is 98.6 Å². The quantitative estimate of drug-likeness (QED) is 0.658. The average Bonchev–Trinajstić information content (AvgIpc) is 2.85. The fourth-order valence-electron chi connectivity index (χ4n) is 2.03. The third-order valence-electron chi connectivity index (χ3n) is 3.14. The predicted molar refractivity (Wildman–Crippen MR) is 83.7 cm³/mol. The lowest BCUT2D eigenvalue weighted by Crippen LogP contribution is -2.16. The van der Waals surface area contributed by atoms with Gasteiger partial charge in [0.2, 0.25) is 0 Å². The van der Waals surface area contributed by atoms with Gasteiger partial charge in [-0.1, -0.05) is 0 Å². The van der Waals surface area contributed by atoms with Gasteiger partial charge >= 0.3 is 0 Å². The van der Waals surface area contributed by atoms with Crippen LogP contribution in [0.4, 0.5) is 8.78 Å². The number of primary amides is 1. The van der Waals surface area contributed by atoms with Crippen LogP contribution in [0.1, 0.15) is 28.4 Å². The van der Waals surface area contributed by atoms with Crippen LogP contribution in [0.25, 0.3) is 0 Å². The molecule has 1 heterocycles. The van der Waals surface area contributed by atoms with E-state index in [-0.39, 0.29) is 19.0 Å². The number of amides is 1. The van der Waals surface area contributed by atoms with Crippen LogP contribution in [0.5, 0.6) is 5.75 Å². The molecule has 0 spiro atoms. The number of aromatic nitrogens is 1. The first kappa shape index (κ1) is 18.3. The Kier molecular flexibility index (Phi) is 6.27. The molecule has 0 unspecified atom stereocenters. The highest BCUT2D eigenvalue weighted by Gasteiger charge is 2.19. The molecule has 0 aliphatic heterocycles. The van der Waals surface area contributed by atoms with Crippen molar-refractivity contribution < 1.29 is 27.8 Å². The van der Waals surface area contributed by atoms with Crippen LogP contribution >= 0.6 is 15.9 Å². The molecule has 0 aliphatic carbocycles. The van der Waals surface area contributed by atoms with Gasteiger partial charge in [-0.25, -0.2) is 13.8 Å². The van der Waals surface area contributed by atoms with Crippen LogP contribution in [0.15, 0.2) is 21.2 Å². The molecule has 24 heavy (non-hydrogen) atoms. The standard InChI is InChI=1S/C15H15BrF2N2O4/c16-14-9(20-11(24-14)5-6-21)2-1-7-23-10-4-3-8(17)12(13(10)18)15(19)22/h3-4,21H,1-2,5-7H2,(H2,19,22). The maximum Gasteiger partial charge on any atom is 0.254 e. The van der Waals surface area contributed by atoms with Gasteiger partial charge in [0.05, 0.1) is 18.9 Å². The SMILES string of the molecule is NC(=O)c1c(F)ccc(OCCCc2nc(CCO)oc2Br)c1F. The molecule has 0 aliphatic rings. The number of carbonyl (C=O) groups is 1. The van der Waals surface area contributed by atoms with Gasteiger partial charge in [0.15, 0.2) is 22.1 Å². The summed E-state index contributed by atoms with van der Waals surface area (Å²) in [4.78, 5) is 15.2. The monoisotopic (exact) mass is 404 g/mol. The fourth-order valence-corrected chi connectivity index (χ4v) is 2.50. The van der Waals surface area contributed by atoms with Crippen LogP contribution in [-0.4, -0.2) is 29.2 Å². The number of benzene rings is 1. The second kappa shape index (κ2) is 8.20. The summed E-state index contributed by atoms with van der Waals surface area (Å²) in [5.41, 5.74) is 4.78. The molecule has 9 heteroatoms. The lowest BCUT2D eigenvalue weighted by molar-refractivity contribution is 0.0991.